The fraction of sp³-hybridized carbons (Fsp3) is 0.357. The van der Waals surface area contributed by atoms with E-state index in [1.165, 1.54) is 13.2 Å². The summed E-state index contributed by atoms with van der Waals surface area (Å²) in [6.45, 7) is 3.67. The van der Waals surface area contributed by atoms with Gasteiger partial charge in [-0.2, -0.15) is 0 Å². The maximum atomic E-state index is 12.8. The van der Waals surface area contributed by atoms with Gasteiger partial charge < -0.3 is 13.8 Å². The number of benzene rings is 1. The SMILES string of the molecule is CCOP(=O)(OCC)/C(=C\c1ccccc1Br)C(=O)OC. The maximum absolute atomic E-state index is 12.8. The quantitative estimate of drug-likeness (QED) is 0.404. The van der Waals surface area contributed by atoms with Crippen LogP contribution in [0, 0.1) is 0 Å². The Morgan fingerprint density at radius 3 is 2.29 bits per heavy atom. The third-order valence-corrected chi connectivity index (χ3v) is 5.31. The van der Waals surface area contributed by atoms with Crippen LogP contribution >= 0.6 is 23.5 Å². The second-order valence-electron chi connectivity index (χ2n) is 3.88. The van der Waals surface area contributed by atoms with Crippen molar-refractivity contribution in [3.8, 4) is 0 Å². The second-order valence-corrected chi connectivity index (χ2v) is 6.72. The number of hydrogen-bond acceptors (Lipinski definition) is 5. The third-order valence-electron chi connectivity index (χ3n) is 2.49. The van der Waals surface area contributed by atoms with Crippen LogP contribution in [0.2, 0.25) is 0 Å². The molecule has 5 nitrogen and oxygen atoms in total. The number of rotatable bonds is 7. The van der Waals surface area contributed by atoms with Crippen LogP contribution in [-0.4, -0.2) is 26.3 Å². The van der Waals surface area contributed by atoms with E-state index >= 15 is 0 Å². The van der Waals surface area contributed by atoms with E-state index in [2.05, 4.69) is 15.9 Å². The molecule has 0 aliphatic rings. The van der Waals surface area contributed by atoms with Crippen molar-refractivity contribution in [2.24, 2.45) is 0 Å². The molecule has 0 saturated carbocycles. The standard InChI is InChI=1S/C14H18BrO5P/c1-4-19-21(17,20-5-2)13(14(16)18-3)10-11-8-6-7-9-12(11)15/h6-10H,4-5H2,1-3H3/b13-10-. The summed E-state index contributed by atoms with van der Waals surface area (Å²) in [5.74, 6) is -0.740. The zero-order valence-electron chi connectivity index (χ0n) is 12.2. The molecule has 0 unspecified atom stereocenters. The highest BCUT2D eigenvalue weighted by molar-refractivity contribution is 9.10. The van der Waals surface area contributed by atoms with E-state index in [-0.39, 0.29) is 18.5 Å². The average Bonchev–Trinajstić information content (AvgIpc) is 2.46. The Hall–Kier alpha value is -0.940. The summed E-state index contributed by atoms with van der Waals surface area (Å²) in [6.07, 6.45) is 1.46. The van der Waals surface area contributed by atoms with Crippen LogP contribution in [0.4, 0.5) is 0 Å². The molecule has 1 rings (SSSR count). The van der Waals surface area contributed by atoms with Crippen LogP contribution in [-0.2, 0) is 23.1 Å². The lowest BCUT2D eigenvalue weighted by molar-refractivity contribution is -0.135. The largest absolute Gasteiger partial charge is 0.465 e. The van der Waals surface area contributed by atoms with Gasteiger partial charge in [-0.1, -0.05) is 34.1 Å². The summed E-state index contributed by atoms with van der Waals surface area (Å²) in [5, 5.41) is -0.124. The molecule has 1 aromatic carbocycles. The van der Waals surface area contributed by atoms with Crippen LogP contribution in [0.1, 0.15) is 19.4 Å². The predicted molar refractivity (Wildman–Crippen MR) is 85.0 cm³/mol. The first kappa shape index (κ1) is 18.1. The highest BCUT2D eigenvalue weighted by atomic mass is 79.9. The normalized spacial score (nSPS) is 12.3. The van der Waals surface area contributed by atoms with Gasteiger partial charge in [-0.15, -0.1) is 0 Å². The number of esters is 1. The maximum Gasteiger partial charge on any atom is 0.368 e. The molecule has 0 spiro atoms. The van der Waals surface area contributed by atoms with Crippen molar-refractivity contribution in [2.45, 2.75) is 13.8 Å². The van der Waals surface area contributed by atoms with E-state index in [0.717, 1.165) is 4.47 Å². The monoisotopic (exact) mass is 376 g/mol. The molecule has 0 bridgehead atoms. The lowest BCUT2D eigenvalue weighted by Crippen LogP contribution is -2.09. The van der Waals surface area contributed by atoms with Gasteiger partial charge in [0.1, 0.15) is 5.31 Å². The van der Waals surface area contributed by atoms with Gasteiger partial charge in [0.05, 0.1) is 20.3 Å². The van der Waals surface area contributed by atoms with Crippen LogP contribution in [0.3, 0.4) is 0 Å². The van der Waals surface area contributed by atoms with Crippen LogP contribution in [0.15, 0.2) is 34.1 Å². The Kier molecular flexibility index (Phi) is 7.32. The van der Waals surface area contributed by atoms with Crippen molar-refractivity contribution >= 4 is 35.6 Å². The summed E-state index contributed by atoms with van der Waals surface area (Å²) >= 11 is 3.37. The van der Waals surface area contributed by atoms with E-state index in [1.54, 1.807) is 26.0 Å². The Morgan fingerprint density at radius 1 is 1.24 bits per heavy atom. The van der Waals surface area contributed by atoms with Crippen molar-refractivity contribution in [1.82, 2.24) is 0 Å². The molecule has 1 aromatic rings. The van der Waals surface area contributed by atoms with Crippen LogP contribution < -0.4 is 0 Å². The van der Waals surface area contributed by atoms with E-state index in [0.29, 0.717) is 5.56 Å². The minimum absolute atomic E-state index is 0.124. The molecular weight excluding hydrogens is 359 g/mol. The summed E-state index contributed by atoms with van der Waals surface area (Å²) in [4.78, 5) is 12.0. The Morgan fingerprint density at radius 2 is 1.81 bits per heavy atom. The van der Waals surface area contributed by atoms with Crippen LogP contribution in [0.5, 0.6) is 0 Å². The summed E-state index contributed by atoms with van der Waals surface area (Å²) in [6, 6.07) is 7.23. The van der Waals surface area contributed by atoms with E-state index in [4.69, 9.17) is 13.8 Å². The Labute approximate surface area is 132 Å². The van der Waals surface area contributed by atoms with E-state index < -0.39 is 13.6 Å². The number of ether oxygens (including phenoxy) is 1. The molecular formula is C14H18BrO5P. The molecule has 116 valence electrons. The third kappa shape index (κ3) is 4.78. The average molecular weight is 377 g/mol. The van der Waals surface area contributed by atoms with Crippen molar-refractivity contribution in [2.75, 3.05) is 20.3 Å². The molecule has 21 heavy (non-hydrogen) atoms. The fourth-order valence-corrected chi connectivity index (χ4v) is 3.65. The van der Waals surface area contributed by atoms with E-state index in [1.807, 2.05) is 12.1 Å². The van der Waals surface area contributed by atoms with Crippen LogP contribution in [0.25, 0.3) is 6.08 Å². The zero-order chi connectivity index (χ0) is 15.9. The summed E-state index contributed by atoms with van der Waals surface area (Å²) < 4.78 is 28.7. The van der Waals surface area contributed by atoms with Gasteiger partial charge in [-0.05, 0) is 31.6 Å². The highest BCUT2D eigenvalue weighted by Gasteiger charge is 2.35. The first-order valence-electron chi connectivity index (χ1n) is 6.42. The van der Waals surface area contributed by atoms with Gasteiger partial charge in [0.15, 0.2) is 0 Å². The second kappa shape index (κ2) is 8.49. The van der Waals surface area contributed by atoms with Gasteiger partial charge in [0, 0.05) is 4.47 Å². The molecule has 0 aromatic heterocycles. The number of carbonyl (C=O) groups excluding carboxylic acids is 1. The van der Waals surface area contributed by atoms with Crippen molar-refractivity contribution in [1.29, 1.82) is 0 Å². The molecule has 0 fully saturated rings. The van der Waals surface area contributed by atoms with Gasteiger partial charge in [0.25, 0.3) is 0 Å². The number of methoxy groups -OCH3 is 1. The minimum Gasteiger partial charge on any atom is -0.465 e. The number of halogens is 1. The Balaban J connectivity index is 3.38. The predicted octanol–water partition coefficient (Wildman–Crippen LogP) is 4.23. The van der Waals surface area contributed by atoms with Gasteiger partial charge in [-0.25, -0.2) is 4.79 Å². The molecule has 0 heterocycles. The first-order valence-corrected chi connectivity index (χ1v) is 8.76. The van der Waals surface area contributed by atoms with Gasteiger partial charge in [0.2, 0.25) is 0 Å². The van der Waals surface area contributed by atoms with Crippen molar-refractivity contribution in [3.63, 3.8) is 0 Å². The van der Waals surface area contributed by atoms with Gasteiger partial charge >= 0.3 is 13.6 Å². The minimum atomic E-state index is -3.72. The Bertz CT molecular complexity index is 560. The first-order chi connectivity index (χ1) is 9.98. The summed E-state index contributed by atoms with van der Waals surface area (Å²) in [5.41, 5.74) is 0.678. The molecule has 0 radical (unpaired) electrons. The smallest absolute Gasteiger partial charge is 0.368 e. The lowest BCUT2D eigenvalue weighted by Gasteiger charge is -2.18. The number of carbonyl (C=O) groups is 1. The fourth-order valence-electron chi connectivity index (χ4n) is 1.61. The topological polar surface area (TPSA) is 61.8 Å². The summed E-state index contributed by atoms with van der Waals surface area (Å²) in [7, 11) is -2.50. The zero-order valence-corrected chi connectivity index (χ0v) is 14.6. The molecule has 0 amide bonds. The number of hydrogen-bond donors (Lipinski definition) is 0. The molecule has 0 saturated heterocycles. The molecule has 0 N–H and O–H groups in total. The molecule has 0 atom stereocenters. The highest BCUT2D eigenvalue weighted by Crippen LogP contribution is 2.57. The molecule has 0 aliphatic heterocycles. The van der Waals surface area contributed by atoms with Crippen molar-refractivity contribution < 1.29 is 23.1 Å². The lowest BCUT2D eigenvalue weighted by atomic mass is 10.2. The molecule has 7 heteroatoms. The van der Waals surface area contributed by atoms with E-state index in [9.17, 15) is 9.36 Å². The van der Waals surface area contributed by atoms with Gasteiger partial charge in [-0.3, -0.25) is 4.57 Å². The molecule has 0 aliphatic carbocycles. The van der Waals surface area contributed by atoms with Crippen molar-refractivity contribution in [3.05, 3.63) is 39.6 Å².